The number of aryl methyl sites for hydroxylation is 3. The second-order valence-corrected chi connectivity index (χ2v) is 11.1. The molecule has 0 spiro atoms. The van der Waals surface area contributed by atoms with E-state index in [9.17, 15) is 8.42 Å². The standard InChI is InChI=1S/C23H29N3O2S2/c1-17-15-21-22(16-18(17)2)25-23(24-21)29-14-11-19-7-9-20(10-8-19)30(27,28)26-12-5-3-4-6-13-26/h7-10,15-16H,3-6,11-14H2,1-2H3,(H,24,25). The van der Waals surface area contributed by atoms with Gasteiger partial charge in [-0.1, -0.05) is 36.7 Å². The van der Waals surface area contributed by atoms with Crippen LogP contribution in [0.15, 0.2) is 46.5 Å². The molecule has 1 aromatic heterocycles. The van der Waals surface area contributed by atoms with Crippen LogP contribution in [0.3, 0.4) is 0 Å². The number of nitrogens with one attached hydrogen (secondary N) is 1. The maximum Gasteiger partial charge on any atom is 0.243 e. The predicted octanol–water partition coefficient (Wildman–Crippen LogP) is 5.08. The number of benzene rings is 2. The van der Waals surface area contributed by atoms with Crippen molar-refractivity contribution in [3.63, 3.8) is 0 Å². The molecule has 0 bridgehead atoms. The summed E-state index contributed by atoms with van der Waals surface area (Å²) in [6.45, 7) is 5.49. The zero-order valence-corrected chi connectivity index (χ0v) is 19.3. The summed E-state index contributed by atoms with van der Waals surface area (Å²) in [6, 6.07) is 11.7. The average Bonchev–Trinajstić information content (AvgIpc) is 2.92. The summed E-state index contributed by atoms with van der Waals surface area (Å²) in [6.07, 6.45) is 5.01. The van der Waals surface area contributed by atoms with Crippen LogP contribution in [0.5, 0.6) is 0 Å². The van der Waals surface area contributed by atoms with Crippen molar-refractivity contribution in [2.45, 2.75) is 56.0 Å². The van der Waals surface area contributed by atoms with Gasteiger partial charge in [0.1, 0.15) is 0 Å². The van der Waals surface area contributed by atoms with Gasteiger partial charge in [0, 0.05) is 18.8 Å². The van der Waals surface area contributed by atoms with Gasteiger partial charge in [-0.05, 0) is 74.1 Å². The largest absolute Gasteiger partial charge is 0.333 e. The molecule has 1 aliphatic heterocycles. The summed E-state index contributed by atoms with van der Waals surface area (Å²) in [5.74, 6) is 0.885. The molecule has 1 saturated heterocycles. The summed E-state index contributed by atoms with van der Waals surface area (Å²) in [5, 5.41) is 0.926. The van der Waals surface area contributed by atoms with E-state index in [1.165, 1.54) is 11.1 Å². The monoisotopic (exact) mass is 443 g/mol. The van der Waals surface area contributed by atoms with Crippen LogP contribution in [0.4, 0.5) is 0 Å². The van der Waals surface area contributed by atoms with E-state index in [0.717, 1.165) is 59.6 Å². The molecule has 2 aromatic carbocycles. The van der Waals surface area contributed by atoms with Crippen molar-refractivity contribution < 1.29 is 8.42 Å². The Kier molecular flexibility index (Phi) is 6.51. The minimum atomic E-state index is -3.37. The summed E-state index contributed by atoms with van der Waals surface area (Å²) in [5.41, 5.74) is 5.73. The lowest BCUT2D eigenvalue weighted by Gasteiger charge is -2.20. The Labute approximate surface area is 183 Å². The molecule has 4 rings (SSSR count). The molecule has 30 heavy (non-hydrogen) atoms. The minimum Gasteiger partial charge on any atom is -0.333 e. The minimum absolute atomic E-state index is 0.406. The van der Waals surface area contributed by atoms with Crippen LogP contribution in [0.1, 0.15) is 42.4 Å². The summed E-state index contributed by atoms with van der Waals surface area (Å²) in [4.78, 5) is 8.47. The van der Waals surface area contributed by atoms with E-state index >= 15 is 0 Å². The molecule has 0 aliphatic carbocycles. The summed E-state index contributed by atoms with van der Waals surface area (Å²) in [7, 11) is -3.37. The quantitative estimate of drug-likeness (QED) is 0.540. The molecular formula is C23H29N3O2S2. The highest BCUT2D eigenvalue weighted by Crippen LogP contribution is 2.24. The van der Waals surface area contributed by atoms with Crippen molar-refractivity contribution in [2.75, 3.05) is 18.8 Å². The van der Waals surface area contributed by atoms with Gasteiger partial charge in [0.25, 0.3) is 0 Å². The third kappa shape index (κ3) is 4.74. The first-order valence-electron chi connectivity index (χ1n) is 10.6. The molecule has 0 amide bonds. The van der Waals surface area contributed by atoms with Crippen molar-refractivity contribution >= 4 is 32.8 Å². The van der Waals surface area contributed by atoms with E-state index < -0.39 is 10.0 Å². The Balaban J connectivity index is 1.37. The zero-order valence-electron chi connectivity index (χ0n) is 17.6. The maximum absolute atomic E-state index is 12.9. The number of imidazole rings is 1. The van der Waals surface area contributed by atoms with Crippen molar-refractivity contribution in [3.8, 4) is 0 Å². The zero-order chi connectivity index (χ0) is 21.1. The van der Waals surface area contributed by atoms with E-state index in [2.05, 4.69) is 35.9 Å². The molecule has 3 aromatic rings. The Bertz CT molecular complexity index is 1070. The van der Waals surface area contributed by atoms with E-state index in [0.29, 0.717) is 18.0 Å². The van der Waals surface area contributed by atoms with Crippen molar-refractivity contribution in [1.82, 2.24) is 14.3 Å². The first kappa shape index (κ1) is 21.4. The van der Waals surface area contributed by atoms with Crippen LogP contribution < -0.4 is 0 Å². The van der Waals surface area contributed by atoms with Gasteiger partial charge >= 0.3 is 0 Å². The Morgan fingerprint density at radius 3 is 2.37 bits per heavy atom. The van der Waals surface area contributed by atoms with E-state index in [-0.39, 0.29) is 0 Å². The molecule has 160 valence electrons. The highest BCUT2D eigenvalue weighted by molar-refractivity contribution is 7.99. The van der Waals surface area contributed by atoms with Crippen LogP contribution in [0.25, 0.3) is 11.0 Å². The highest BCUT2D eigenvalue weighted by atomic mass is 32.2. The van der Waals surface area contributed by atoms with Gasteiger partial charge < -0.3 is 4.98 Å². The lowest BCUT2D eigenvalue weighted by molar-refractivity contribution is 0.423. The molecule has 1 fully saturated rings. The fourth-order valence-corrected chi connectivity index (χ4v) is 6.23. The number of hydrogen-bond donors (Lipinski definition) is 1. The number of aromatic amines is 1. The number of sulfonamides is 1. The van der Waals surface area contributed by atoms with Crippen LogP contribution in [-0.2, 0) is 16.4 Å². The lowest BCUT2D eigenvalue weighted by atomic mass is 10.1. The van der Waals surface area contributed by atoms with Gasteiger partial charge in [0.05, 0.1) is 15.9 Å². The third-order valence-corrected chi connectivity index (χ3v) is 8.62. The van der Waals surface area contributed by atoms with Crippen LogP contribution in [-0.4, -0.2) is 41.5 Å². The second kappa shape index (κ2) is 9.12. The SMILES string of the molecule is Cc1cc2nc(SCCc3ccc(S(=O)(=O)N4CCCCCC4)cc3)[nH]c2cc1C. The van der Waals surface area contributed by atoms with Gasteiger partial charge in [-0.3, -0.25) is 0 Å². The normalized spacial score (nSPS) is 16.1. The van der Waals surface area contributed by atoms with Crippen molar-refractivity contribution in [1.29, 1.82) is 0 Å². The molecule has 0 saturated carbocycles. The Hall–Kier alpha value is -1.83. The maximum atomic E-state index is 12.9. The second-order valence-electron chi connectivity index (χ2n) is 8.06. The molecule has 0 radical (unpaired) electrons. The molecule has 2 heterocycles. The fraction of sp³-hybridized carbons (Fsp3) is 0.435. The number of nitrogens with zero attached hydrogens (tertiary/aromatic N) is 2. The molecule has 1 N–H and O–H groups in total. The van der Waals surface area contributed by atoms with Crippen LogP contribution in [0.2, 0.25) is 0 Å². The highest BCUT2D eigenvalue weighted by Gasteiger charge is 2.24. The summed E-state index contributed by atoms with van der Waals surface area (Å²) >= 11 is 1.69. The number of rotatable bonds is 6. The van der Waals surface area contributed by atoms with E-state index in [1.54, 1.807) is 28.2 Å². The van der Waals surface area contributed by atoms with Gasteiger partial charge in [-0.15, -0.1) is 0 Å². The summed E-state index contributed by atoms with van der Waals surface area (Å²) < 4.78 is 27.4. The first-order chi connectivity index (χ1) is 14.4. The molecule has 1 aliphatic rings. The van der Waals surface area contributed by atoms with Gasteiger partial charge in [0.2, 0.25) is 10.0 Å². The van der Waals surface area contributed by atoms with Crippen molar-refractivity contribution in [3.05, 3.63) is 53.1 Å². The number of fused-ring (bicyclic) bond motifs is 1. The Morgan fingerprint density at radius 2 is 1.67 bits per heavy atom. The van der Waals surface area contributed by atoms with Crippen molar-refractivity contribution in [2.24, 2.45) is 0 Å². The van der Waals surface area contributed by atoms with E-state index in [4.69, 9.17) is 0 Å². The van der Waals surface area contributed by atoms with Crippen LogP contribution >= 0.6 is 11.8 Å². The van der Waals surface area contributed by atoms with Gasteiger partial charge in [0.15, 0.2) is 5.16 Å². The number of hydrogen-bond acceptors (Lipinski definition) is 4. The smallest absolute Gasteiger partial charge is 0.243 e. The number of H-pyrrole nitrogens is 1. The van der Waals surface area contributed by atoms with Gasteiger partial charge in [-0.2, -0.15) is 4.31 Å². The molecular weight excluding hydrogens is 414 g/mol. The molecule has 7 heteroatoms. The molecule has 0 unspecified atom stereocenters. The average molecular weight is 444 g/mol. The van der Waals surface area contributed by atoms with Gasteiger partial charge in [-0.25, -0.2) is 13.4 Å². The fourth-order valence-electron chi connectivity index (χ4n) is 3.84. The number of thioether (sulfide) groups is 1. The predicted molar refractivity (Wildman–Crippen MR) is 124 cm³/mol. The van der Waals surface area contributed by atoms with Crippen LogP contribution in [0, 0.1) is 13.8 Å². The Morgan fingerprint density at radius 1 is 1.00 bits per heavy atom. The molecule has 0 atom stereocenters. The van der Waals surface area contributed by atoms with E-state index in [1.807, 2.05) is 12.1 Å². The lowest BCUT2D eigenvalue weighted by Crippen LogP contribution is -2.31. The third-order valence-electron chi connectivity index (χ3n) is 5.83. The topological polar surface area (TPSA) is 66.1 Å². The first-order valence-corrected chi connectivity index (χ1v) is 13.0. The molecule has 5 nitrogen and oxygen atoms in total. The number of aromatic nitrogens is 2.